The number of benzene rings is 3. The van der Waals surface area contributed by atoms with Crippen LogP contribution in [0.25, 0.3) is 11.0 Å². The van der Waals surface area contributed by atoms with Crippen molar-refractivity contribution in [2.75, 3.05) is 32.9 Å². The second kappa shape index (κ2) is 9.43. The molecular formula is C30H26N2O7. The molecule has 4 aromatic rings. The zero-order chi connectivity index (χ0) is 27.3. The summed E-state index contributed by atoms with van der Waals surface area (Å²) in [6.07, 6.45) is 0. The lowest BCUT2D eigenvalue weighted by Crippen LogP contribution is -2.30. The van der Waals surface area contributed by atoms with Crippen LogP contribution in [0.3, 0.4) is 0 Å². The summed E-state index contributed by atoms with van der Waals surface area (Å²) in [5.74, 6) is -0.137. The molecule has 198 valence electrons. The number of rotatable bonds is 7. The van der Waals surface area contributed by atoms with Gasteiger partial charge in [-0.1, -0.05) is 30.3 Å². The second-order valence-electron chi connectivity index (χ2n) is 9.59. The fourth-order valence-electron chi connectivity index (χ4n) is 5.03. The van der Waals surface area contributed by atoms with Crippen molar-refractivity contribution in [2.24, 2.45) is 0 Å². The molecule has 2 aliphatic rings. The van der Waals surface area contributed by atoms with E-state index in [0.717, 1.165) is 11.3 Å². The number of methoxy groups -OCH3 is 1. The molecule has 0 spiro atoms. The lowest BCUT2D eigenvalue weighted by atomic mass is 9.94. The van der Waals surface area contributed by atoms with Gasteiger partial charge in [-0.2, -0.15) is 0 Å². The van der Waals surface area contributed by atoms with Gasteiger partial charge in [0.15, 0.2) is 34.4 Å². The zero-order valence-electron chi connectivity index (χ0n) is 21.6. The van der Waals surface area contributed by atoms with Crippen LogP contribution < -0.4 is 19.1 Å². The first-order valence-electron chi connectivity index (χ1n) is 12.4. The van der Waals surface area contributed by atoms with E-state index in [0.29, 0.717) is 33.8 Å². The topological polar surface area (TPSA) is 102 Å². The van der Waals surface area contributed by atoms with Crippen molar-refractivity contribution in [3.63, 3.8) is 0 Å². The summed E-state index contributed by atoms with van der Waals surface area (Å²) < 4.78 is 22.2. The van der Waals surface area contributed by atoms with Crippen LogP contribution in [-0.4, -0.2) is 49.7 Å². The number of hydrogen-bond acceptors (Lipinski definition) is 8. The Bertz CT molecular complexity index is 1640. The van der Waals surface area contributed by atoms with E-state index < -0.39 is 23.5 Å². The molecule has 0 saturated carbocycles. The van der Waals surface area contributed by atoms with Crippen LogP contribution in [0, 0.1) is 0 Å². The van der Waals surface area contributed by atoms with Gasteiger partial charge in [-0.3, -0.25) is 9.59 Å². The molecule has 0 radical (unpaired) electrons. The highest BCUT2D eigenvalue weighted by atomic mass is 16.7. The van der Waals surface area contributed by atoms with Gasteiger partial charge in [0.05, 0.1) is 18.7 Å². The molecule has 3 aromatic carbocycles. The van der Waals surface area contributed by atoms with Crippen molar-refractivity contribution in [3.8, 4) is 17.2 Å². The summed E-state index contributed by atoms with van der Waals surface area (Å²) >= 11 is 0. The smallest absolute Gasteiger partial charge is 0.290 e. The third-order valence-electron chi connectivity index (χ3n) is 7.02. The number of nitrogens with zero attached hydrogens (tertiary/aromatic N) is 2. The number of carbonyl (C=O) groups is 2. The molecule has 9 heteroatoms. The Labute approximate surface area is 224 Å². The summed E-state index contributed by atoms with van der Waals surface area (Å²) in [4.78, 5) is 30.8. The highest BCUT2D eigenvalue weighted by Crippen LogP contribution is 2.42. The van der Waals surface area contributed by atoms with Gasteiger partial charge in [-0.05, 0) is 47.5 Å². The van der Waals surface area contributed by atoms with Gasteiger partial charge in [-0.15, -0.1) is 0 Å². The molecule has 1 aromatic heterocycles. The highest BCUT2D eigenvalue weighted by molar-refractivity contribution is 6.16. The predicted molar refractivity (Wildman–Crippen MR) is 143 cm³/mol. The number of aliphatic hydroxyl groups is 1. The maximum atomic E-state index is 13.9. The zero-order valence-corrected chi connectivity index (χ0v) is 21.6. The minimum absolute atomic E-state index is 0.00342. The number of anilines is 1. The second-order valence-corrected chi connectivity index (χ2v) is 9.59. The molecular weight excluding hydrogens is 500 g/mol. The average Bonchev–Trinajstić information content (AvgIpc) is 3.65. The van der Waals surface area contributed by atoms with Crippen LogP contribution in [0.2, 0.25) is 0 Å². The molecule has 0 bridgehead atoms. The van der Waals surface area contributed by atoms with Gasteiger partial charge in [0.2, 0.25) is 12.6 Å². The first-order chi connectivity index (χ1) is 18.9. The summed E-state index contributed by atoms with van der Waals surface area (Å²) in [6.45, 7) is 0.260. The van der Waals surface area contributed by atoms with E-state index >= 15 is 0 Å². The number of para-hydroxylation sites is 1. The molecule has 2 aliphatic heterocycles. The van der Waals surface area contributed by atoms with Crippen molar-refractivity contribution in [3.05, 3.63) is 94.9 Å². The van der Waals surface area contributed by atoms with Gasteiger partial charge in [0.25, 0.3) is 5.91 Å². The van der Waals surface area contributed by atoms with Gasteiger partial charge >= 0.3 is 0 Å². The minimum Gasteiger partial charge on any atom is -0.503 e. The number of ether oxygens (including phenoxy) is 3. The van der Waals surface area contributed by atoms with Gasteiger partial charge in [0.1, 0.15) is 0 Å². The van der Waals surface area contributed by atoms with E-state index in [-0.39, 0.29) is 24.7 Å². The maximum Gasteiger partial charge on any atom is 0.290 e. The standard InChI is InChI=1S/C30H26N2O7/c1-31(2)20-10-8-18(9-11-20)26-25(27(33)24-14-19-5-4-6-22(36-3)29(19)39-24)28(34)30(35)32(26)15-17-7-12-21-23(13-17)38-16-37-21/h4-14,26,34H,15-16H2,1-3H3. The van der Waals surface area contributed by atoms with E-state index in [1.807, 2.05) is 49.3 Å². The van der Waals surface area contributed by atoms with Crippen molar-refractivity contribution in [1.82, 2.24) is 4.90 Å². The summed E-state index contributed by atoms with van der Waals surface area (Å²) in [7, 11) is 5.37. The molecule has 1 unspecified atom stereocenters. The average molecular weight is 527 g/mol. The number of aliphatic hydroxyl groups excluding tert-OH is 1. The molecule has 0 fully saturated rings. The van der Waals surface area contributed by atoms with E-state index in [1.54, 1.807) is 36.4 Å². The Hall–Kier alpha value is -4.92. The molecule has 0 saturated heterocycles. The predicted octanol–water partition coefficient (Wildman–Crippen LogP) is 5.01. The summed E-state index contributed by atoms with van der Waals surface area (Å²) in [5.41, 5.74) is 2.76. The fourth-order valence-corrected chi connectivity index (χ4v) is 5.03. The summed E-state index contributed by atoms with van der Waals surface area (Å²) in [5, 5.41) is 11.8. The number of ketones is 1. The maximum absolute atomic E-state index is 13.9. The Balaban J connectivity index is 1.42. The van der Waals surface area contributed by atoms with Gasteiger partial charge in [0, 0.05) is 31.7 Å². The molecule has 39 heavy (non-hydrogen) atoms. The number of fused-ring (bicyclic) bond motifs is 2. The first kappa shape index (κ1) is 24.4. The van der Waals surface area contributed by atoms with Crippen LogP contribution in [-0.2, 0) is 11.3 Å². The van der Waals surface area contributed by atoms with E-state index in [9.17, 15) is 14.7 Å². The monoisotopic (exact) mass is 526 g/mol. The first-order valence-corrected chi connectivity index (χ1v) is 12.4. The number of amides is 1. The molecule has 1 atom stereocenters. The molecule has 0 aliphatic carbocycles. The van der Waals surface area contributed by atoms with E-state index in [2.05, 4.69) is 0 Å². The largest absolute Gasteiger partial charge is 0.503 e. The van der Waals surface area contributed by atoms with Crippen LogP contribution in [0.15, 0.2) is 82.5 Å². The molecule has 3 heterocycles. The Morgan fingerprint density at radius 3 is 2.56 bits per heavy atom. The van der Waals surface area contributed by atoms with Crippen LogP contribution in [0.1, 0.15) is 27.7 Å². The van der Waals surface area contributed by atoms with E-state index in [4.69, 9.17) is 18.6 Å². The van der Waals surface area contributed by atoms with Crippen molar-refractivity contribution >= 4 is 28.3 Å². The molecule has 1 N–H and O–H groups in total. The Morgan fingerprint density at radius 1 is 1.05 bits per heavy atom. The minimum atomic E-state index is -0.846. The summed E-state index contributed by atoms with van der Waals surface area (Å²) in [6, 6.07) is 19.0. The van der Waals surface area contributed by atoms with Crippen molar-refractivity contribution in [1.29, 1.82) is 0 Å². The van der Waals surface area contributed by atoms with Crippen LogP contribution in [0.4, 0.5) is 5.69 Å². The number of Topliss-reactive ketones (excluding diaryl/α,β-unsaturated/α-hetero) is 1. The Morgan fingerprint density at radius 2 is 1.82 bits per heavy atom. The molecule has 6 rings (SSSR count). The van der Waals surface area contributed by atoms with Crippen LogP contribution >= 0.6 is 0 Å². The van der Waals surface area contributed by atoms with Crippen LogP contribution in [0.5, 0.6) is 17.2 Å². The third kappa shape index (κ3) is 4.12. The third-order valence-corrected chi connectivity index (χ3v) is 7.02. The lowest BCUT2D eigenvalue weighted by molar-refractivity contribution is -0.130. The highest BCUT2D eigenvalue weighted by Gasteiger charge is 2.44. The number of furan rings is 1. The number of carbonyl (C=O) groups excluding carboxylic acids is 2. The van der Waals surface area contributed by atoms with Crippen molar-refractivity contribution in [2.45, 2.75) is 12.6 Å². The quantitative estimate of drug-likeness (QED) is 0.335. The van der Waals surface area contributed by atoms with Gasteiger partial charge in [-0.25, -0.2) is 0 Å². The SMILES string of the molecule is COc1cccc2cc(C(=O)C3=C(O)C(=O)N(Cc4ccc5c(c4)OCO5)C3c3ccc(N(C)C)cc3)oc12. The lowest BCUT2D eigenvalue weighted by Gasteiger charge is -2.27. The molecule has 1 amide bonds. The normalized spacial score (nSPS) is 16.3. The fraction of sp³-hybridized carbons (Fsp3) is 0.200. The van der Waals surface area contributed by atoms with E-state index in [1.165, 1.54) is 12.0 Å². The number of hydrogen-bond donors (Lipinski definition) is 1. The van der Waals surface area contributed by atoms with Gasteiger partial charge < -0.3 is 33.5 Å². The van der Waals surface area contributed by atoms with Crippen molar-refractivity contribution < 1.29 is 33.3 Å². The molecule has 9 nitrogen and oxygen atoms in total. The Kier molecular flexibility index (Phi) is 5.91.